The van der Waals surface area contributed by atoms with Crippen molar-refractivity contribution in [2.75, 3.05) is 12.3 Å². The molecule has 0 aliphatic rings. The molecule has 1 aromatic heterocycles. The molecule has 0 unspecified atom stereocenters. The van der Waals surface area contributed by atoms with Crippen LogP contribution in [-0.4, -0.2) is 32.7 Å². The Morgan fingerprint density at radius 3 is 2.61 bits per heavy atom. The lowest BCUT2D eigenvalue weighted by molar-refractivity contribution is 0.0610. The van der Waals surface area contributed by atoms with Crippen LogP contribution in [0, 0.1) is 0 Å². The molecule has 0 saturated carbocycles. The lowest BCUT2D eigenvalue weighted by Crippen LogP contribution is -2.46. The maximum Gasteiger partial charge on any atom is 0.277 e. The van der Waals surface area contributed by atoms with Gasteiger partial charge in [0, 0.05) is 24.8 Å². The number of nitrogens with two attached hydrogens (primary N) is 1. The second kappa shape index (κ2) is 5.25. The Kier molecular flexibility index (Phi) is 4.16. The Hall–Kier alpha value is -1.78. The van der Waals surface area contributed by atoms with Gasteiger partial charge in [0.15, 0.2) is 5.69 Å². The number of nitrogen functional groups attached to an aromatic ring is 1. The molecular weight excluding hydrogens is 228 g/mol. The van der Waals surface area contributed by atoms with Gasteiger partial charge in [0.2, 0.25) is 0 Å². The van der Waals surface area contributed by atoms with Gasteiger partial charge >= 0.3 is 0 Å². The maximum absolute atomic E-state index is 12.5. The van der Waals surface area contributed by atoms with E-state index in [1.165, 1.54) is 0 Å². The van der Waals surface area contributed by atoms with E-state index in [1.807, 2.05) is 27.7 Å². The second-order valence-electron chi connectivity index (χ2n) is 5.16. The molecule has 0 aromatic carbocycles. The number of carbonyl (C=O) groups excluding carboxylic acids is 1. The minimum Gasteiger partial charge on any atom is -0.396 e. The molecule has 1 aromatic rings. The number of anilines is 1. The molecule has 2 N–H and O–H groups in total. The van der Waals surface area contributed by atoms with Crippen LogP contribution in [0.4, 0.5) is 5.69 Å². The Labute approximate surface area is 108 Å². The zero-order chi connectivity index (χ0) is 13.9. The zero-order valence-electron chi connectivity index (χ0n) is 11.6. The van der Waals surface area contributed by atoms with Gasteiger partial charge in [0.25, 0.3) is 5.91 Å². The highest BCUT2D eigenvalue weighted by Crippen LogP contribution is 2.19. The maximum atomic E-state index is 12.5. The molecule has 0 spiro atoms. The molecule has 1 rings (SSSR count). The van der Waals surface area contributed by atoms with Gasteiger partial charge in [-0.05, 0) is 27.7 Å². The van der Waals surface area contributed by atoms with E-state index in [4.69, 9.17) is 5.73 Å². The standard InChI is InChI=1S/C13H22N4O/c1-6-8-17(13(3,4)5)12(18)11-10(14)9-16(7-2)15-11/h6,9H,1,7-8,14H2,2-5H3. The van der Waals surface area contributed by atoms with Gasteiger partial charge in [-0.2, -0.15) is 5.10 Å². The topological polar surface area (TPSA) is 64.2 Å². The third-order valence-electron chi connectivity index (χ3n) is 2.68. The van der Waals surface area contributed by atoms with E-state index in [2.05, 4.69) is 11.7 Å². The van der Waals surface area contributed by atoms with Crippen molar-refractivity contribution in [3.63, 3.8) is 0 Å². The molecule has 0 aliphatic heterocycles. The smallest absolute Gasteiger partial charge is 0.277 e. The number of rotatable bonds is 4. The Morgan fingerprint density at radius 1 is 1.61 bits per heavy atom. The van der Waals surface area contributed by atoms with Crippen molar-refractivity contribution in [3.8, 4) is 0 Å². The number of aromatic nitrogens is 2. The summed E-state index contributed by atoms with van der Waals surface area (Å²) in [7, 11) is 0. The van der Waals surface area contributed by atoms with E-state index < -0.39 is 0 Å². The van der Waals surface area contributed by atoms with Crippen LogP contribution < -0.4 is 5.73 Å². The molecule has 0 radical (unpaired) electrons. The average molecular weight is 250 g/mol. The third kappa shape index (κ3) is 2.91. The Bertz CT molecular complexity index is 442. The molecular formula is C13H22N4O. The molecule has 0 saturated heterocycles. The summed E-state index contributed by atoms with van der Waals surface area (Å²) in [5, 5.41) is 4.21. The van der Waals surface area contributed by atoms with Gasteiger partial charge in [-0.25, -0.2) is 0 Å². The highest BCUT2D eigenvalue weighted by atomic mass is 16.2. The van der Waals surface area contributed by atoms with Gasteiger partial charge in [0.05, 0.1) is 5.69 Å². The zero-order valence-corrected chi connectivity index (χ0v) is 11.6. The molecule has 1 amide bonds. The van der Waals surface area contributed by atoms with E-state index in [9.17, 15) is 4.79 Å². The largest absolute Gasteiger partial charge is 0.396 e. The summed E-state index contributed by atoms with van der Waals surface area (Å²) in [6.45, 7) is 12.7. The lowest BCUT2D eigenvalue weighted by Gasteiger charge is -2.34. The fourth-order valence-corrected chi connectivity index (χ4v) is 1.68. The van der Waals surface area contributed by atoms with Crippen molar-refractivity contribution in [1.82, 2.24) is 14.7 Å². The lowest BCUT2D eigenvalue weighted by atomic mass is 10.1. The molecule has 5 heteroatoms. The molecule has 100 valence electrons. The molecule has 5 nitrogen and oxygen atoms in total. The first-order valence-electron chi connectivity index (χ1n) is 6.07. The number of nitrogens with zero attached hydrogens (tertiary/aromatic N) is 3. The summed E-state index contributed by atoms with van der Waals surface area (Å²) in [4.78, 5) is 14.2. The van der Waals surface area contributed by atoms with Crippen LogP contribution in [-0.2, 0) is 6.54 Å². The molecule has 0 aliphatic carbocycles. The Morgan fingerprint density at radius 2 is 2.22 bits per heavy atom. The van der Waals surface area contributed by atoms with Crippen LogP contribution in [0.15, 0.2) is 18.9 Å². The van der Waals surface area contributed by atoms with E-state index >= 15 is 0 Å². The second-order valence-corrected chi connectivity index (χ2v) is 5.16. The van der Waals surface area contributed by atoms with Crippen molar-refractivity contribution < 1.29 is 4.79 Å². The number of hydrogen-bond acceptors (Lipinski definition) is 3. The molecule has 18 heavy (non-hydrogen) atoms. The number of aryl methyl sites for hydroxylation is 1. The minimum atomic E-state index is -0.298. The summed E-state index contributed by atoms with van der Waals surface area (Å²) >= 11 is 0. The monoisotopic (exact) mass is 250 g/mol. The predicted octanol–water partition coefficient (Wildman–Crippen LogP) is 1.91. The first kappa shape index (κ1) is 14.3. The average Bonchev–Trinajstić information content (AvgIpc) is 2.65. The summed E-state index contributed by atoms with van der Waals surface area (Å²) in [6.07, 6.45) is 3.39. The summed E-state index contributed by atoms with van der Waals surface area (Å²) in [6, 6.07) is 0. The van der Waals surface area contributed by atoms with Crippen LogP contribution in [0.1, 0.15) is 38.2 Å². The third-order valence-corrected chi connectivity index (χ3v) is 2.68. The molecule has 0 fully saturated rings. The summed E-state index contributed by atoms with van der Waals surface area (Å²) in [5.74, 6) is -0.160. The van der Waals surface area contributed by atoms with E-state index in [-0.39, 0.29) is 11.4 Å². The summed E-state index contributed by atoms with van der Waals surface area (Å²) < 4.78 is 1.66. The number of amides is 1. The van der Waals surface area contributed by atoms with Crippen molar-refractivity contribution in [3.05, 3.63) is 24.5 Å². The van der Waals surface area contributed by atoms with Crippen LogP contribution in [0.2, 0.25) is 0 Å². The van der Waals surface area contributed by atoms with Crippen molar-refractivity contribution >= 4 is 11.6 Å². The molecule has 0 atom stereocenters. The van der Waals surface area contributed by atoms with Gasteiger partial charge in [-0.1, -0.05) is 6.08 Å². The highest BCUT2D eigenvalue weighted by molar-refractivity contribution is 5.97. The van der Waals surface area contributed by atoms with Crippen molar-refractivity contribution in [2.24, 2.45) is 0 Å². The van der Waals surface area contributed by atoms with Crippen LogP contribution in [0.5, 0.6) is 0 Å². The number of hydrogen-bond donors (Lipinski definition) is 1. The highest BCUT2D eigenvalue weighted by Gasteiger charge is 2.29. The van der Waals surface area contributed by atoms with Crippen molar-refractivity contribution in [2.45, 2.75) is 39.8 Å². The molecule has 0 bridgehead atoms. The van der Waals surface area contributed by atoms with Gasteiger partial charge in [0.1, 0.15) is 0 Å². The normalized spacial score (nSPS) is 11.3. The van der Waals surface area contributed by atoms with Gasteiger partial charge in [-0.15, -0.1) is 6.58 Å². The van der Waals surface area contributed by atoms with Crippen molar-refractivity contribution in [1.29, 1.82) is 0 Å². The summed E-state index contributed by atoms with van der Waals surface area (Å²) in [5.41, 5.74) is 6.27. The predicted molar refractivity (Wildman–Crippen MR) is 73.3 cm³/mol. The van der Waals surface area contributed by atoms with Gasteiger partial charge < -0.3 is 10.6 Å². The Balaban J connectivity index is 3.09. The molecule has 1 heterocycles. The van der Waals surface area contributed by atoms with E-state index in [1.54, 1.807) is 21.9 Å². The quantitative estimate of drug-likeness (QED) is 0.830. The first-order valence-corrected chi connectivity index (χ1v) is 6.07. The first-order chi connectivity index (χ1) is 8.31. The van der Waals surface area contributed by atoms with E-state index in [0.717, 1.165) is 0 Å². The van der Waals surface area contributed by atoms with Crippen LogP contribution in [0.3, 0.4) is 0 Å². The fraction of sp³-hybridized carbons (Fsp3) is 0.538. The SMILES string of the molecule is C=CCN(C(=O)c1nn(CC)cc1N)C(C)(C)C. The van der Waals surface area contributed by atoms with Crippen LogP contribution in [0.25, 0.3) is 0 Å². The van der Waals surface area contributed by atoms with E-state index in [0.29, 0.717) is 24.5 Å². The number of carbonyl (C=O) groups is 1. The minimum absolute atomic E-state index is 0.160. The fourth-order valence-electron chi connectivity index (χ4n) is 1.68. The van der Waals surface area contributed by atoms with Crippen LogP contribution >= 0.6 is 0 Å². The van der Waals surface area contributed by atoms with Gasteiger partial charge in [-0.3, -0.25) is 9.48 Å².